The summed E-state index contributed by atoms with van der Waals surface area (Å²) in [7, 11) is 1.52. The van der Waals surface area contributed by atoms with Gasteiger partial charge in [0.2, 0.25) is 0 Å². The van der Waals surface area contributed by atoms with Crippen molar-refractivity contribution < 1.29 is 22.7 Å². The van der Waals surface area contributed by atoms with Crippen molar-refractivity contribution in [3.8, 4) is 5.75 Å². The van der Waals surface area contributed by atoms with E-state index in [1.54, 1.807) is 0 Å². The van der Waals surface area contributed by atoms with E-state index in [9.17, 15) is 18.0 Å². The Hall–Kier alpha value is -1.76. The van der Waals surface area contributed by atoms with E-state index in [-0.39, 0.29) is 11.0 Å². The molecular formula is C14H19F3N2O2. The van der Waals surface area contributed by atoms with Crippen molar-refractivity contribution in [3.05, 3.63) is 29.6 Å². The number of carbonyl (C=O) groups is 1. The van der Waals surface area contributed by atoms with Gasteiger partial charge in [-0.3, -0.25) is 4.79 Å². The Morgan fingerprint density at radius 1 is 1.43 bits per heavy atom. The van der Waals surface area contributed by atoms with Crippen molar-refractivity contribution in [3.63, 3.8) is 0 Å². The van der Waals surface area contributed by atoms with Gasteiger partial charge in [-0.1, -0.05) is 13.8 Å². The number of amides is 1. The van der Waals surface area contributed by atoms with Gasteiger partial charge in [0.15, 0.2) is 0 Å². The van der Waals surface area contributed by atoms with Gasteiger partial charge in [-0.25, -0.2) is 4.39 Å². The molecule has 118 valence electrons. The molecule has 1 aromatic rings. The van der Waals surface area contributed by atoms with Crippen LogP contribution in [0, 0.1) is 11.2 Å². The van der Waals surface area contributed by atoms with E-state index in [1.807, 2.05) is 13.8 Å². The standard InChI is InChI=1S/C14H19F3N2O2/c1-14(2,7-18)8-19(3)12(20)10-5-4-9(15)6-11(10)21-13(16)17/h4-6,13H,7-8,18H2,1-3H3. The average Bonchev–Trinajstić information content (AvgIpc) is 2.37. The number of hydrogen-bond acceptors (Lipinski definition) is 3. The predicted molar refractivity (Wildman–Crippen MR) is 72.8 cm³/mol. The second-order valence-corrected chi connectivity index (χ2v) is 5.55. The van der Waals surface area contributed by atoms with E-state index in [1.165, 1.54) is 11.9 Å². The average molecular weight is 304 g/mol. The molecule has 1 amide bonds. The number of hydrogen-bond donors (Lipinski definition) is 1. The van der Waals surface area contributed by atoms with Crippen molar-refractivity contribution in [2.75, 3.05) is 20.1 Å². The molecule has 0 spiro atoms. The monoisotopic (exact) mass is 304 g/mol. The highest BCUT2D eigenvalue weighted by Crippen LogP contribution is 2.24. The minimum Gasteiger partial charge on any atom is -0.434 e. The largest absolute Gasteiger partial charge is 0.434 e. The van der Waals surface area contributed by atoms with Crippen LogP contribution in [0.4, 0.5) is 13.2 Å². The maximum atomic E-state index is 13.1. The Morgan fingerprint density at radius 3 is 2.57 bits per heavy atom. The molecule has 0 radical (unpaired) electrons. The van der Waals surface area contributed by atoms with Crippen LogP contribution in [0.2, 0.25) is 0 Å². The van der Waals surface area contributed by atoms with Gasteiger partial charge in [-0.05, 0) is 24.1 Å². The molecule has 1 rings (SSSR count). The summed E-state index contributed by atoms with van der Waals surface area (Å²) < 4.78 is 42.0. The SMILES string of the molecule is CN(CC(C)(C)CN)C(=O)c1ccc(F)cc1OC(F)F. The molecule has 0 aliphatic heterocycles. The molecule has 0 aliphatic carbocycles. The maximum absolute atomic E-state index is 13.1. The van der Waals surface area contributed by atoms with E-state index in [0.29, 0.717) is 13.1 Å². The molecule has 0 atom stereocenters. The van der Waals surface area contributed by atoms with Crippen LogP contribution in [0.1, 0.15) is 24.2 Å². The van der Waals surface area contributed by atoms with Gasteiger partial charge < -0.3 is 15.4 Å². The van der Waals surface area contributed by atoms with E-state index >= 15 is 0 Å². The number of ether oxygens (including phenoxy) is 1. The van der Waals surface area contributed by atoms with Crippen molar-refractivity contribution in [1.82, 2.24) is 4.90 Å². The zero-order valence-corrected chi connectivity index (χ0v) is 12.2. The van der Waals surface area contributed by atoms with Crippen LogP contribution in [-0.4, -0.2) is 37.6 Å². The van der Waals surface area contributed by atoms with Crippen molar-refractivity contribution in [1.29, 1.82) is 0 Å². The van der Waals surface area contributed by atoms with Crippen molar-refractivity contribution in [2.24, 2.45) is 11.1 Å². The molecule has 0 unspecified atom stereocenters. The fourth-order valence-corrected chi connectivity index (χ4v) is 1.85. The number of nitrogens with zero attached hydrogens (tertiary/aromatic N) is 1. The zero-order chi connectivity index (χ0) is 16.2. The lowest BCUT2D eigenvalue weighted by atomic mass is 9.93. The number of nitrogens with two attached hydrogens (primary N) is 1. The molecule has 0 fully saturated rings. The number of rotatable bonds is 6. The van der Waals surface area contributed by atoms with Gasteiger partial charge in [0.25, 0.3) is 5.91 Å². The van der Waals surface area contributed by atoms with Crippen molar-refractivity contribution >= 4 is 5.91 Å². The molecule has 0 heterocycles. The second-order valence-electron chi connectivity index (χ2n) is 5.55. The minimum atomic E-state index is -3.14. The lowest BCUT2D eigenvalue weighted by Crippen LogP contribution is -2.39. The number of halogens is 3. The summed E-state index contributed by atoms with van der Waals surface area (Å²) in [6.45, 7) is 1.29. The Bertz CT molecular complexity index is 507. The van der Waals surface area contributed by atoms with Crippen LogP contribution in [0.25, 0.3) is 0 Å². The minimum absolute atomic E-state index is 0.118. The highest BCUT2D eigenvalue weighted by Gasteiger charge is 2.24. The Kier molecular flexibility index (Phi) is 5.60. The quantitative estimate of drug-likeness (QED) is 0.878. The molecule has 0 saturated carbocycles. The molecule has 2 N–H and O–H groups in total. The first-order valence-corrected chi connectivity index (χ1v) is 6.36. The molecule has 1 aromatic carbocycles. The van der Waals surface area contributed by atoms with Gasteiger partial charge in [0.05, 0.1) is 5.56 Å². The summed E-state index contributed by atoms with van der Waals surface area (Å²) in [5.41, 5.74) is 5.15. The van der Waals surface area contributed by atoms with Gasteiger partial charge in [0.1, 0.15) is 11.6 Å². The first-order chi connectivity index (χ1) is 9.66. The smallest absolute Gasteiger partial charge is 0.387 e. The molecular weight excluding hydrogens is 285 g/mol. The van der Waals surface area contributed by atoms with E-state index in [0.717, 1.165) is 18.2 Å². The van der Waals surface area contributed by atoms with Crippen LogP contribution in [-0.2, 0) is 0 Å². The molecule has 0 bridgehead atoms. The molecule has 21 heavy (non-hydrogen) atoms. The maximum Gasteiger partial charge on any atom is 0.387 e. The molecule has 0 aliphatic rings. The first kappa shape index (κ1) is 17.3. The predicted octanol–water partition coefficient (Wildman–Crippen LogP) is 2.48. The van der Waals surface area contributed by atoms with E-state index in [2.05, 4.69) is 4.74 Å². The summed E-state index contributed by atoms with van der Waals surface area (Å²) in [6.07, 6.45) is 0. The second kappa shape index (κ2) is 6.80. The van der Waals surface area contributed by atoms with Gasteiger partial charge >= 0.3 is 6.61 Å². The Balaban J connectivity index is 3.01. The third-order valence-corrected chi connectivity index (χ3v) is 2.95. The van der Waals surface area contributed by atoms with Crippen LogP contribution in [0.3, 0.4) is 0 Å². The Morgan fingerprint density at radius 2 is 2.05 bits per heavy atom. The third-order valence-electron chi connectivity index (χ3n) is 2.95. The molecule has 4 nitrogen and oxygen atoms in total. The normalized spacial score (nSPS) is 11.6. The summed E-state index contributed by atoms with van der Waals surface area (Å²) in [5.74, 6) is -1.77. The van der Waals surface area contributed by atoms with Gasteiger partial charge in [-0.15, -0.1) is 0 Å². The lowest BCUT2D eigenvalue weighted by molar-refractivity contribution is -0.0504. The van der Waals surface area contributed by atoms with Gasteiger partial charge in [-0.2, -0.15) is 8.78 Å². The lowest BCUT2D eigenvalue weighted by Gasteiger charge is -2.29. The van der Waals surface area contributed by atoms with Crippen LogP contribution >= 0.6 is 0 Å². The van der Waals surface area contributed by atoms with E-state index < -0.39 is 24.1 Å². The molecule has 0 saturated heterocycles. The summed E-state index contributed by atoms with van der Waals surface area (Å²) in [6, 6.07) is 2.91. The molecule has 0 aromatic heterocycles. The number of benzene rings is 1. The van der Waals surface area contributed by atoms with Crippen LogP contribution < -0.4 is 10.5 Å². The van der Waals surface area contributed by atoms with Gasteiger partial charge in [0, 0.05) is 19.7 Å². The topological polar surface area (TPSA) is 55.6 Å². The highest BCUT2D eigenvalue weighted by atomic mass is 19.3. The third kappa shape index (κ3) is 4.93. The highest BCUT2D eigenvalue weighted by molar-refractivity contribution is 5.96. The van der Waals surface area contributed by atoms with Crippen LogP contribution in [0.5, 0.6) is 5.75 Å². The van der Waals surface area contributed by atoms with Crippen LogP contribution in [0.15, 0.2) is 18.2 Å². The fraction of sp³-hybridized carbons (Fsp3) is 0.500. The summed E-state index contributed by atoms with van der Waals surface area (Å²) in [4.78, 5) is 13.6. The Labute approximate surface area is 121 Å². The zero-order valence-electron chi connectivity index (χ0n) is 12.2. The fourth-order valence-electron chi connectivity index (χ4n) is 1.85. The van der Waals surface area contributed by atoms with Crippen molar-refractivity contribution in [2.45, 2.75) is 20.5 Å². The van der Waals surface area contributed by atoms with E-state index in [4.69, 9.17) is 5.73 Å². The molecule has 7 heteroatoms. The number of alkyl halides is 2. The summed E-state index contributed by atoms with van der Waals surface area (Å²) in [5, 5.41) is 0. The number of carbonyl (C=O) groups excluding carboxylic acids is 1. The first-order valence-electron chi connectivity index (χ1n) is 6.36. The summed E-state index contributed by atoms with van der Waals surface area (Å²) >= 11 is 0.